The Bertz CT molecular complexity index is 1480. The minimum atomic E-state index is -0.800. The molecule has 13 heteroatoms. The number of phenols is 2. The highest BCUT2D eigenvalue weighted by molar-refractivity contribution is 5.88. The molecule has 0 saturated heterocycles. The van der Waals surface area contributed by atoms with Crippen molar-refractivity contribution >= 4 is 22.8 Å². The van der Waals surface area contributed by atoms with Crippen LogP contribution in [0.5, 0.6) is 17.2 Å². The minimum absolute atomic E-state index is 0.0910. The van der Waals surface area contributed by atoms with Crippen LogP contribution in [-0.4, -0.2) is 87.3 Å². The summed E-state index contributed by atoms with van der Waals surface area (Å²) in [5.74, 6) is -0.307. The van der Waals surface area contributed by atoms with Gasteiger partial charge in [0.1, 0.15) is 42.1 Å². The van der Waals surface area contributed by atoms with Crippen molar-refractivity contribution in [2.24, 2.45) is 5.73 Å². The van der Waals surface area contributed by atoms with Crippen molar-refractivity contribution in [2.75, 3.05) is 59.2 Å². The number of nitrogens with one attached hydrogen (secondary N) is 3. The Balaban J connectivity index is 1.33. The molecule has 1 aromatic heterocycles. The largest absolute Gasteiger partial charge is 0.508 e. The second-order valence-corrected chi connectivity index (χ2v) is 11.9. The van der Waals surface area contributed by atoms with E-state index in [1.807, 2.05) is 0 Å². The van der Waals surface area contributed by atoms with Crippen LogP contribution in [0.25, 0.3) is 11.0 Å². The first-order valence-electron chi connectivity index (χ1n) is 17.1. The zero-order valence-corrected chi connectivity index (χ0v) is 28.5. The average molecular weight is 685 g/mol. The number of nitrogens with two attached hydrogens (primary N) is 1. The van der Waals surface area contributed by atoms with Crippen LogP contribution in [-0.2, 0) is 25.5 Å². The molecule has 49 heavy (non-hydrogen) atoms. The third kappa shape index (κ3) is 15.3. The third-order valence-corrected chi connectivity index (χ3v) is 7.75. The van der Waals surface area contributed by atoms with Crippen LogP contribution in [0.4, 0.5) is 0 Å². The normalized spacial score (nSPS) is 11.8. The molecule has 0 aliphatic rings. The van der Waals surface area contributed by atoms with Crippen molar-refractivity contribution in [3.05, 3.63) is 64.0 Å². The van der Waals surface area contributed by atoms with Gasteiger partial charge in [-0.1, -0.05) is 37.8 Å². The zero-order chi connectivity index (χ0) is 35.3. The van der Waals surface area contributed by atoms with E-state index in [1.165, 1.54) is 24.6 Å². The Morgan fingerprint density at radius 3 is 2.27 bits per heavy atom. The summed E-state index contributed by atoms with van der Waals surface area (Å²) in [4.78, 5) is 37.4. The van der Waals surface area contributed by atoms with Crippen LogP contribution in [0.3, 0.4) is 0 Å². The molecule has 270 valence electrons. The van der Waals surface area contributed by atoms with Gasteiger partial charge in [0.05, 0.1) is 25.2 Å². The molecule has 13 nitrogen and oxygen atoms in total. The van der Waals surface area contributed by atoms with Gasteiger partial charge in [0.2, 0.25) is 11.8 Å². The number of carbonyl (C=O) groups is 2. The molecule has 1 heterocycles. The number of carbonyl (C=O) groups excluding carboxylic acids is 2. The number of unbranched alkanes of at least 4 members (excludes halogenated alkanes) is 5. The number of rotatable bonds is 25. The Morgan fingerprint density at radius 1 is 0.837 bits per heavy atom. The van der Waals surface area contributed by atoms with Crippen molar-refractivity contribution in [2.45, 2.75) is 64.3 Å². The number of phenolic OH excluding ortho intramolecular Hbond substituents is 2. The quantitative estimate of drug-likeness (QED) is 0.0567. The van der Waals surface area contributed by atoms with Gasteiger partial charge in [-0.25, -0.2) is 4.79 Å². The lowest BCUT2D eigenvalue weighted by molar-refractivity contribution is -0.131. The predicted molar refractivity (Wildman–Crippen MR) is 187 cm³/mol. The number of aryl methyl sites for hydroxylation is 1. The van der Waals surface area contributed by atoms with Gasteiger partial charge in [0.25, 0.3) is 0 Å². The fraction of sp³-hybridized carbons (Fsp3) is 0.528. The molecular formula is C36H52N4O9. The topological polar surface area (TPSA) is 195 Å². The minimum Gasteiger partial charge on any atom is -0.508 e. The van der Waals surface area contributed by atoms with Crippen LogP contribution in [0.15, 0.2) is 51.7 Å². The summed E-state index contributed by atoms with van der Waals surface area (Å²) in [7, 11) is 0. The highest BCUT2D eigenvalue weighted by Crippen LogP contribution is 2.32. The molecular weight excluding hydrogens is 632 g/mol. The van der Waals surface area contributed by atoms with E-state index < -0.39 is 17.6 Å². The summed E-state index contributed by atoms with van der Waals surface area (Å²) < 4.78 is 21.9. The SMILES string of the molecule is Cc1cc(=O)oc2cc(O)cc(OCCOCCOCC(=O)N[C@@H](Cc3ccc(O)cc3)C(=O)NCCCCCCCCNCCCN)c12. The molecule has 0 unspecified atom stereocenters. The van der Waals surface area contributed by atoms with E-state index in [1.54, 1.807) is 31.2 Å². The molecule has 0 aliphatic carbocycles. The van der Waals surface area contributed by atoms with Gasteiger partial charge in [0.15, 0.2) is 0 Å². The molecule has 1 atom stereocenters. The Kier molecular flexibility index (Phi) is 18.0. The Labute approximate surface area is 287 Å². The summed E-state index contributed by atoms with van der Waals surface area (Å²) in [6, 6.07) is 9.88. The summed E-state index contributed by atoms with van der Waals surface area (Å²) in [6.45, 7) is 5.46. The number of hydrogen-bond donors (Lipinski definition) is 6. The van der Waals surface area contributed by atoms with E-state index in [2.05, 4.69) is 16.0 Å². The summed E-state index contributed by atoms with van der Waals surface area (Å²) in [5.41, 5.74) is 6.68. The standard InChI is InChI=1S/C36H52N4O9/c1-26-21-34(44)49-32-24-29(42)23-31(35(26)32)48-20-19-46-17-18-47-25-33(43)40-30(22-27-9-11-28(41)12-10-27)36(45)39-16-7-5-3-2-4-6-14-38-15-8-13-37/h9-12,21,23-24,30,38,41-42H,2-8,13-20,22,25,37H2,1H3,(H,39,45)(H,40,43)/t30-/m0/s1. The maximum atomic E-state index is 13.0. The first kappa shape index (κ1) is 39.3. The number of aromatic hydroxyl groups is 2. The fourth-order valence-electron chi connectivity index (χ4n) is 5.22. The van der Waals surface area contributed by atoms with Crippen LogP contribution in [0, 0.1) is 6.92 Å². The molecule has 2 aromatic carbocycles. The van der Waals surface area contributed by atoms with E-state index in [0.717, 1.165) is 57.2 Å². The summed E-state index contributed by atoms with van der Waals surface area (Å²) in [5, 5.41) is 29.3. The predicted octanol–water partition coefficient (Wildman–Crippen LogP) is 3.05. The van der Waals surface area contributed by atoms with Gasteiger partial charge in [-0.2, -0.15) is 0 Å². The molecule has 3 aromatic rings. The van der Waals surface area contributed by atoms with Gasteiger partial charge in [-0.15, -0.1) is 0 Å². The van der Waals surface area contributed by atoms with Crippen molar-refractivity contribution in [1.82, 2.24) is 16.0 Å². The second-order valence-electron chi connectivity index (χ2n) is 11.9. The number of fused-ring (bicyclic) bond motifs is 1. The fourth-order valence-corrected chi connectivity index (χ4v) is 5.22. The smallest absolute Gasteiger partial charge is 0.336 e. The first-order valence-corrected chi connectivity index (χ1v) is 17.1. The van der Waals surface area contributed by atoms with Gasteiger partial charge in [0, 0.05) is 31.2 Å². The Morgan fingerprint density at radius 2 is 1.51 bits per heavy atom. The first-order chi connectivity index (χ1) is 23.8. The van der Waals surface area contributed by atoms with Crippen LogP contribution < -0.4 is 32.0 Å². The number of hydrogen-bond acceptors (Lipinski definition) is 11. The second kappa shape index (κ2) is 22.5. The molecule has 0 radical (unpaired) electrons. The highest BCUT2D eigenvalue weighted by atomic mass is 16.5. The maximum absolute atomic E-state index is 13.0. The number of ether oxygens (including phenoxy) is 3. The van der Waals surface area contributed by atoms with Crippen LogP contribution in [0.2, 0.25) is 0 Å². The average Bonchev–Trinajstić information content (AvgIpc) is 3.06. The molecule has 0 saturated carbocycles. The highest BCUT2D eigenvalue weighted by Gasteiger charge is 2.21. The van der Waals surface area contributed by atoms with Crippen molar-refractivity contribution < 1.29 is 38.4 Å². The van der Waals surface area contributed by atoms with E-state index in [9.17, 15) is 24.6 Å². The molecule has 0 spiro atoms. The van der Waals surface area contributed by atoms with Crippen molar-refractivity contribution in [3.8, 4) is 17.2 Å². The monoisotopic (exact) mass is 684 g/mol. The molecule has 7 N–H and O–H groups in total. The lowest BCUT2D eigenvalue weighted by Crippen LogP contribution is -2.49. The van der Waals surface area contributed by atoms with Crippen LogP contribution in [0.1, 0.15) is 56.1 Å². The van der Waals surface area contributed by atoms with Crippen LogP contribution >= 0.6 is 0 Å². The molecule has 0 aliphatic heterocycles. The molecule has 3 rings (SSSR count). The zero-order valence-electron chi connectivity index (χ0n) is 28.5. The number of benzene rings is 2. The van der Waals surface area contributed by atoms with Gasteiger partial charge in [-0.05, 0) is 69.1 Å². The van der Waals surface area contributed by atoms with Crippen molar-refractivity contribution in [3.63, 3.8) is 0 Å². The van der Waals surface area contributed by atoms with Crippen molar-refractivity contribution in [1.29, 1.82) is 0 Å². The lowest BCUT2D eigenvalue weighted by Gasteiger charge is -2.19. The van der Waals surface area contributed by atoms with Gasteiger partial charge < -0.3 is 50.5 Å². The van der Waals surface area contributed by atoms with E-state index in [-0.39, 0.29) is 62.4 Å². The molecule has 0 bridgehead atoms. The van der Waals surface area contributed by atoms with E-state index in [4.69, 9.17) is 24.4 Å². The van der Waals surface area contributed by atoms with Gasteiger partial charge >= 0.3 is 5.63 Å². The Hall–Kier alpha value is -4.17. The van der Waals surface area contributed by atoms with E-state index in [0.29, 0.717) is 29.8 Å². The maximum Gasteiger partial charge on any atom is 0.336 e. The summed E-state index contributed by atoms with van der Waals surface area (Å²) >= 11 is 0. The van der Waals surface area contributed by atoms with Gasteiger partial charge in [-0.3, -0.25) is 9.59 Å². The molecule has 2 amide bonds. The number of amides is 2. The lowest BCUT2D eigenvalue weighted by atomic mass is 10.0. The molecule has 0 fully saturated rings. The third-order valence-electron chi connectivity index (χ3n) is 7.75. The summed E-state index contributed by atoms with van der Waals surface area (Å²) in [6.07, 6.45) is 7.72. The van der Waals surface area contributed by atoms with E-state index >= 15 is 0 Å².